The van der Waals surface area contributed by atoms with E-state index in [9.17, 15) is 14.4 Å². The predicted octanol–water partition coefficient (Wildman–Crippen LogP) is 6.86. The van der Waals surface area contributed by atoms with Crippen LogP contribution in [0.3, 0.4) is 0 Å². The number of nitrogens with one attached hydrogen (secondary N) is 2. The number of hydrogen-bond acceptors (Lipinski definition) is 7. The van der Waals surface area contributed by atoms with Gasteiger partial charge in [-0.1, -0.05) is 59.6 Å². The summed E-state index contributed by atoms with van der Waals surface area (Å²) in [6.07, 6.45) is -1.36. The Morgan fingerprint density at radius 2 is 1.49 bits per heavy atom. The number of methoxy groups -OCH3 is 2. The molecule has 2 amide bonds. The summed E-state index contributed by atoms with van der Waals surface area (Å²) < 4.78 is 16.4. The van der Waals surface area contributed by atoms with Gasteiger partial charge in [0.15, 0.2) is 11.5 Å². The molecule has 4 aromatic rings. The molecule has 0 bridgehead atoms. The molecule has 8 nitrogen and oxygen atoms in total. The summed E-state index contributed by atoms with van der Waals surface area (Å²) in [6, 6.07) is 19.3. The standard InChI is InChI=1S/C28H22Cl2N2O6S/c1-36-22-14-20(21(15-23(22)37-2)32-26(33)24-9-6-10-39-24)28(35)38-25(16-7-4-3-5-8-16)27(34)31-19-12-17(29)11-18(30)13-19/h3-15,25H,1-2H3,(H,31,34)(H,32,33). The van der Waals surface area contributed by atoms with Crippen molar-refractivity contribution in [2.45, 2.75) is 6.10 Å². The van der Waals surface area contributed by atoms with Crippen molar-refractivity contribution in [1.82, 2.24) is 0 Å². The van der Waals surface area contributed by atoms with Crippen LogP contribution < -0.4 is 20.1 Å². The lowest BCUT2D eigenvalue weighted by Crippen LogP contribution is -2.26. The van der Waals surface area contributed by atoms with Gasteiger partial charge in [-0.3, -0.25) is 9.59 Å². The summed E-state index contributed by atoms with van der Waals surface area (Å²) in [5.41, 5.74) is 0.813. The summed E-state index contributed by atoms with van der Waals surface area (Å²) in [4.78, 5) is 40.2. The first-order valence-corrected chi connectivity index (χ1v) is 13.1. The molecule has 1 atom stereocenters. The lowest BCUT2D eigenvalue weighted by molar-refractivity contribution is -0.125. The van der Waals surface area contributed by atoms with Gasteiger partial charge in [0.25, 0.3) is 11.8 Å². The van der Waals surface area contributed by atoms with Crippen LogP contribution in [0.4, 0.5) is 11.4 Å². The maximum Gasteiger partial charge on any atom is 0.341 e. The van der Waals surface area contributed by atoms with Crippen LogP contribution in [0.2, 0.25) is 10.0 Å². The normalized spacial score (nSPS) is 11.3. The molecule has 0 aliphatic rings. The third kappa shape index (κ3) is 6.88. The molecule has 200 valence electrons. The Bertz CT molecular complexity index is 1480. The van der Waals surface area contributed by atoms with Gasteiger partial charge in [0, 0.05) is 33.4 Å². The molecule has 1 heterocycles. The van der Waals surface area contributed by atoms with E-state index in [0.29, 0.717) is 26.2 Å². The van der Waals surface area contributed by atoms with Crippen molar-refractivity contribution in [3.05, 3.63) is 104 Å². The van der Waals surface area contributed by atoms with Crippen LogP contribution in [0, 0.1) is 0 Å². The molecule has 39 heavy (non-hydrogen) atoms. The zero-order chi connectivity index (χ0) is 27.9. The molecule has 1 unspecified atom stereocenters. The Labute approximate surface area is 238 Å². The third-order valence-electron chi connectivity index (χ3n) is 5.43. The predicted molar refractivity (Wildman–Crippen MR) is 152 cm³/mol. The highest BCUT2D eigenvalue weighted by Crippen LogP contribution is 2.35. The van der Waals surface area contributed by atoms with E-state index in [2.05, 4.69) is 10.6 Å². The lowest BCUT2D eigenvalue weighted by atomic mass is 10.1. The van der Waals surface area contributed by atoms with Gasteiger partial charge in [0.1, 0.15) is 0 Å². The minimum absolute atomic E-state index is 0.0444. The molecule has 0 saturated heterocycles. The summed E-state index contributed by atoms with van der Waals surface area (Å²) >= 11 is 13.4. The monoisotopic (exact) mass is 584 g/mol. The number of halogens is 2. The summed E-state index contributed by atoms with van der Waals surface area (Å²) in [6.45, 7) is 0. The highest BCUT2D eigenvalue weighted by Gasteiger charge is 2.28. The van der Waals surface area contributed by atoms with Crippen LogP contribution in [0.25, 0.3) is 0 Å². The molecular weight excluding hydrogens is 563 g/mol. The molecule has 3 aromatic carbocycles. The van der Waals surface area contributed by atoms with Gasteiger partial charge in [-0.15, -0.1) is 11.3 Å². The number of amides is 2. The van der Waals surface area contributed by atoms with Crippen LogP contribution in [0.1, 0.15) is 31.7 Å². The first-order valence-electron chi connectivity index (χ1n) is 11.4. The average Bonchev–Trinajstić information content (AvgIpc) is 3.46. The van der Waals surface area contributed by atoms with Crippen molar-refractivity contribution in [1.29, 1.82) is 0 Å². The van der Waals surface area contributed by atoms with Crippen molar-refractivity contribution < 1.29 is 28.6 Å². The largest absolute Gasteiger partial charge is 0.493 e. The Morgan fingerprint density at radius 1 is 0.821 bits per heavy atom. The fraction of sp³-hybridized carbons (Fsp3) is 0.107. The fourth-order valence-electron chi connectivity index (χ4n) is 3.65. The van der Waals surface area contributed by atoms with E-state index in [1.54, 1.807) is 47.8 Å². The smallest absolute Gasteiger partial charge is 0.341 e. The first-order chi connectivity index (χ1) is 18.8. The molecule has 0 radical (unpaired) electrons. The third-order valence-corrected chi connectivity index (χ3v) is 6.74. The second-order valence-electron chi connectivity index (χ2n) is 8.03. The van der Waals surface area contributed by atoms with Crippen LogP contribution in [0.5, 0.6) is 11.5 Å². The maximum atomic E-state index is 13.6. The van der Waals surface area contributed by atoms with Gasteiger partial charge in [-0.25, -0.2) is 4.79 Å². The van der Waals surface area contributed by atoms with E-state index >= 15 is 0 Å². The van der Waals surface area contributed by atoms with Gasteiger partial charge < -0.3 is 24.8 Å². The summed E-state index contributed by atoms with van der Waals surface area (Å²) in [5.74, 6) is -1.44. The molecule has 0 aliphatic heterocycles. The molecule has 2 N–H and O–H groups in total. The summed E-state index contributed by atoms with van der Waals surface area (Å²) in [7, 11) is 2.84. The highest BCUT2D eigenvalue weighted by atomic mass is 35.5. The quantitative estimate of drug-likeness (QED) is 0.208. The Morgan fingerprint density at radius 3 is 2.10 bits per heavy atom. The Hall–Kier alpha value is -4.05. The number of ether oxygens (including phenoxy) is 3. The zero-order valence-corrected chi connectivity index (χ0v) is 23.0. The van der Waals surface area contributed by atoms with Gasteiger partial charge >= 0.3 is 5.97 Å². The number of anilines is 2. The first kappa shape index (κ1) is 28.0. The topological polar surface area (TPSA) is 103 Å². The number of rotatable bonds is 9. The van der Waals surface area contributed by atoms with E-state index in [1.807, 2.05) is 0 Å². The highest BCUT2D eigenvalue weighted by molar-refractivity contribution is 7.12. The fourth-order valence-corrected chi connectivity index (χ4v) is 4.79. The molecule has 4 rings (SSSR count). The molecule has 0 fully saturated rings. The Kier molecular flexibility index (Phi) is 9.08. The van der Waals surface area contributed by atoms with E-state index in [0.717, 1.165) is 0 Å². The van der Waals surface area contributed by atoms with Crippen molar-refractivity contribution in [3.8, 4) is 11.5 Å². The molecule has 0 aliphatic carbocycles. The van der Waals surface area contributed by atoms with Crippen LogP contribution in [0.15, 0.2) is 78.2 Å². The average molecular weight is 585 g/mol. The number of carbonyl (C=O) groups is 3. The number of esters is 1. The van der Waals surface area contributed by atoms with E-state index in [1.165, 1.54) is 55.9 Å². The molecular formula is C28H22Cl2N2O6S. The minimum Gasteiger partial charge on any atom is -0.493 e. The number of hydrogen-bond donors (Lipinski definition) is 2. The van der Waals surface area contributed by atoms with Crippen molar-refractivity contribution in [2.75, 3.05) is 24.9 Å². The van der Waals surface area contributed by atoms with Crippen LogP contribution in [-0.2, 0) is 9.53 Å². The second-order valence-corrected chi connectivity index (χ2v) is 9.85. The molecule has 0 spiro atoms. The lowest BCUT2D eigenvalue weighted by Gasteiger charge is -2.20. The van der Waals surface area contributed by atoms with Crippen molar-refractivity contribution >= 4 is 63.7 Å². The Balaban J connectivity index is 1.68. The van der Waals surface area contributed by atoms with Gasteiger partial charge in [0.2, 0.25) is 6.10 Å². The second kappa shape index (κ2) is 12.7. The van der Waals surface area contributed by atoms with Gasteiger partial charge in [-0.05, 0) is 29.6 Å². The molecule has 1 aromatic heterocycles. The number of thiophene rings is 1. The van der Waals surface area contributed by atoms with Crippen LogP contribution >= 0.6 is 34.5 Å². The zero-order valence-electron chi connectivity index (χ0n) is 20.7. The minimum atomic E-state index is -1.36. The maximum absolute atomic E-state index is 13.6. The number of benzene rings is 3. The summed E-state index contributed by atoms with van der Waals surface area (Å²) in [5, 5.41) is 7.81. The molecule has 11 heteroatoms. The van der Waals surface area contributed by atoms with Crippen LogP contribution in [-0.4, -0.2) is 32.0 Å². The van der Waals surface area contributed by atoms with Crippen molar-refractivity contribution in [2.24, 2.45) is 0 Å². The van der Waals surface area contributed by atoms with Gasteiger partial charge in [0.05, 0.1) is 30.3 Å². The molecule has 0 saturated carbocycles. The van der Waals surface area contributed by atoms with E-state index in [4.69, 9.17) is 37.4 Å². The number of carbonyl (C=O) groups excluding carboxylic acids is 3. The SMILES string of the molecule is COc1cc(NC(=O)c2cccs2)c(C(=O)OC(C(=O)Nc2cc(Cl)cc(Cl)c2)c2ccccc2)cc1OC. The van der Waals surface area contributed by atoms with Gasteiger partial charge in [-0.2, -0.15) is 0 Å². The van der Waals surface area contributed by atoms with E-state index < -0.39 is 23.9 Å². The van der Waals surface area contributed by atoms with E-state index in [-0.39, 0.29) is 22.7 Å². The van der Waals surface area contributed by atoms with Crippen molar-refractivity contribution in [3.63, 3.8) is 0 Å².